The van der Waals surface area contributed by atoms with Crippen LogP contribution in [0.3, 0.4) is 0 Å². The molecular weight excluding hydrogens is 206 g/mol. The van der Waals surface area contributed by atoms with Crippen LogP contribution in [0.1, 0.15) is 46.5 Å². The Morgan fingerprint density at radius 1 is 0.938 bits per heavy atom. The molecule has 0 aromatic rings. The third-order valence-corrected chi connectivity index (χ3v) is 3.88. The number of nitrogens with one attached hydrogen (secondary N) is 1. The molecule has 0 saturated heterocycles. The minimum absolute atomic E-state index is 0.291. The summed E-state index contributed by atoms with van der Waals surface area (Å²) in [5.41, 5.74) is -1.02. The summed E-state index contributed by atoms with van der Waals surface area (Å²) in [6, 6.07) is 0.291. The van der Waals surface area contributed by atoms with Gasteiger partial charge in [0.05, 0.1) is 23.9 Å². The van der Waals surface area contributed by atoms with Crippen molar-refractivity contribution >= 4 is 0 Å². The molecule has 4 N–H and O–H groups in total. The van der Waals surface area contributed by atoms with Crippen molar-refractivity contribution in [1.82, 2.24) is 5.32 Å². The fraction of sp³-hybridized carbons (Fsp3) is 1.00. The first kappa shape index (κ1) is 13.9. The maximum Gasteiger partial charge on any atom is 0.0961 e. The highest BCUT2D eigenvalue weighted by atomic mass is 16.3. The molecule has 0 aliphatic heterocycles. The number of aliphatic hydroxyl groups is 3. The SMILES string of the molecule is CC(O)C(NC1CCCC1)(C(C)O)C(C)O. The molecule has 0 bridgehead atoms. The zero-order chi connectivity index (χ0) is 12.3. The van der Waals surface area contributed by atoms with Gasteiger partial charge in [0.2, 0.25) is 0 Å². The van der Waals surface area contributed by atoms with Crippen LogP contribution in [-0.2, 0) is 0 Å². The summed E-state index contributed by atoms with van der Waals surface area (Å²) in [6.07, 6.45) is 2.05. The largest absolute Gasteiger partial charge is 0.391 e. The molecule has 0 radical (unpaired) electrons. The number of hydrogen-bond donors (Lipinski definition) is 4. The first-order valence-electron chi connectivity index (χ1n) is 6.23. The standard InChI is InChI=1S/C12H25NO3/c1-8(14)12(9(2)15,10(3)16)13-11-6-4-5-7-11/h8-11,13-16H,4-7H2,1-3H3. The van der Waals surface area contributed by atoms with Crippen LogP contribution < -0.4 is 5.32 Å². The summed E-state index contributed by atoms with van der Waals surface area (Å²) >= 11 is 0. The molecule has 3 atom stereocenters. The lowest BCUT2D eigenvalue weighted by molar-refractivity contribution is -0.0860. The molecular formula is C12H25NO3. The van der Waals surface area contributed by atoms with E-state index in [1.807, 2.05) is 0 Å². The Hall–Kier alpha value is -0.160. The summed E-state index contributed by atoms with van der Waals surface area (Å²) in [6.45, 7) is 4.84. The third kappa shape index (κ3) is 2.56. The Morgan fingerprint density at radius 2 is 1.31 bits per heavy atom. The highest BCUT2D eigenvalue weighted by Gasteiger charge is 2.46. The minimum Gasteiger partial charge on any atom is -0.391 e. The lowest BCUT2D eigenvalue weighted by Gasteiger charge is -2.44. The van der Waals surface area contributed by atoms with Gasteiger partial charge in [0.25, 0.3) is 0 Å². The molecule has 1 saturated carbocycles. The van der Waals surface area contributed by atoms with E-state index in [4.69, 9.17) is 0 Å². The lowest BCUT2D eigenvalue weighted by atomic mass is 9.81. The van der Waals surface area contributed by atoms with E-state index in [-0.39, 0.29) is 0 Å². The molecule has 1 rings (SSSR count). The topological polar surface area (TPSA) is 72.7 Å². The van der Waals surface area contributed by atoms with Gasteiger partial charge in [-0.3, -0.25) is 0 Å². The van der Waals surface area contributed by atoms with E-state index in [0.717, 1.165) is 12.8 Å². The van der Waals surface area contributed by atoms with Crippen molar-refractivity contribution in [2.45, 2.75) is 76.3 Å². The summed E-state index contributed by atoms with van der Waals surface area (Å²) in [5.74, 6) is 0. The van der Waals surface area contributed by atoms with Crippen LogP contribution in [0.2, 0.25) is 0 Å². The lowest BCUT2D eigenvalue weighted by Crippen LogP contribution is -2.68. The number of rotatable bonds is 5. The third-order valence-electron chi connectivity index (χ3n) is 3.88. The Balaban J connectivity index is 2.82. The van der Waals surface area contributed by atoms with Gasteiger partial charge in [-0.1, -0.05) is 12.8 Å². The van der Waals surface area contributed by atoms with Crippen LogP contribution in [0.5, 0.6) is 0 Å². The van der Waals surface area contributed by atoms with E-state index < -0.39 is 23.9 Å². The number of hydrogen-bond acceptors (Lipinski definition) is 4. The summed E-state index contributed by atoms with van der Waals surface area (Å²) in [7, 11) is 0. The van der Waals surface area contributed by atoms with Crippen molar-refractivity contribution in [2.24, 2.45) is 0 Å². The van der Waals surface area contributed by atoms with Gasteiger partial charge in [0, 0.05) is 6.04 Å². The van der Waals surface area contributed by atoms with Crippen molar-refractivity contribution in [3.05, 3.63) is 0 Å². The van der Waals surface area contributed by atoms with Gasteiger partial charge in [-0.2, -0.15) is 0 Å². The predicted molar refractivity (Wildman–Crippen MR) is 63.2 cm³/mol. The molecule has 1 aliphatic carbocycles. The molecule has 3 unspecified atom stereocenters. The van der Waals surface area contributed by atoms with Crippen LogP contribution >= 0.6 is 0 Å². The Kier molecular flexibility index (Phi) is 4.73. The fourth-order valence-corrected chi connectivity index (χ4v) is 2.83. The highest BCUT2D eigenvalue weighted by Crippen LogP contribution is 2.27. The van der Waals surface area contributed by atoms with Gasteiger partial charge in [-0.15, -0.1) is 0 Å². The summed E-state index contributed by atoms with van der Waals surface area (Å²) in [4.78, 5) is 0. The van der Waals surface area contributed by atoms with Crippen LogP contribution in [0.25, 0.3) is 0 Å². The van der Waals surface area contributed by atoms with Gasteiger partial charge >= 0.3 is 0 Å². The maximum absolute atomic E-state index is 9.88. The molecule has 0 heterocycles. The average molecular weight is 231 g/mol. The molecule has 0 spiro atoms. The molecule has 1 fully saturated rings. The van der Waals surface area contributed by atoms with E-state index in [9.17, 15) is 15.3 Å². The minimum atomic E-state index is -1.02. The molecule has 0 aromatic carbocycles. The van der Waals surface area contributed by atoms with Crippen molar-refractivity contribution in [3.63, 3.8) is 0 Å². The van der Waals surface area contributed by atoms with Crippen LogP contribution in [0.15, 0.2) is 0 Å². The van der Waals surface area contributed by atoms with Crippen LogP contribution in [0, 0.1) is 0 Å². The summed E-state index contributed by atoms with van der Waals surface area (Å²) in [5, 5.41) is 32.9. The predicted octanol–water partition coefficient (Wildman–Crippen LogP) is 0.400. The second-order valence-corrected chi connectivity index (χ2v) is 5.09. The van der Waals surface area contributed by atoms with Gasteiger partial charge in [0.15, 0.2) is 0 Å². The Morgan fingerprint density at radius 3 is 1.62 bits per heavy atom. The number of aliphatic hydroxyl groups excluding tert-OH is 3. The quantitative estimate of drug-likeness (QED) is 0.553. The molecule has 4 heteroatoms. The molecule has 1 aliphatic rings. The first-order chi connectivity index (χ1) is 7.41. The molecule has 16 heavy (non-hydrogen) atoms. The smallest absolute Gasteiger partial charge is 0.0961 e. The van der Waals surface area contributed by atoms with Crippen molar-refractivity contribution < 1.29 is 15.3 Å². The Bertz CT molecular complexity index is 189. The molecule has 0 aromatic heterocycles. The van der Waals surface area contributed by atoms with E-state index in [0.29, 0.717) is 6.04 Å². The highest BCUT2D eigenvalue weighted by molar-refractivity contribution is 5.03. The fourth-order valence-electron chi connectivity index (χ4n) is 2.83. The average Bonchev–Trinajstić information content (AvgIpc) is 2.64. The van der Waals surface area contributed by atoms with E-state index >= 15 is 0 Å². The zero-order valence-corrected chi connectivity index (χ0v) is 10.5. The molecule has 0 amide bonds. The summed E-state index contributed by atoms with van der Waals surface area (Å²) < 4.78 is 0. The second-order valence-electron chi connectivity index (χ2n) is 5.09. The first-order valence-corrected chi connectivity index (χ1v) is 6.23. The molecule has 4 nitrogen and oxygen atoms in total. The normalized spacial score (nSPS) is 27.4. The maximum atomic E-state index is 9.88. The van der Waals surface area contributed by atoms with E-state index in [2.05, 4.69) is 5.32 Å². The van der Waals surface area contributed by atoms with Gasteiger partial charge in [-0.25, -0.2) is 0 Å². The monoisotopic (exact) mass is 231 g/mol. The zero-order valence-electron chi connectivity index (χ0n) is 10.5. The van der Waals surface area contributed by atoms with Gasteiger partial charge in [0.1, 0.15) is 0 Å². The Labute approximate surface area is 97.7 Å². The van der Waals surface area contributed by atoms with E-state index in [1.54, 1.807) is 20.8 Å². The second kappa shape index (κ2) is 5.45. The van der Waals surface area contributed by atoms with Crippen molar-refractivity contribution in [1.29, 1.82) is 0 Å². The van der Waals surface area contributed by atoms with Gasteiger partial charge < -0.3 is 20.6 Å². The van der Waals surface area contributed by atoms with Crippen molar-refractivity contribution in [3.8, 4) is 0 Å². The van der Waals surface area contributed by atoms with Gasteiger partial charge in [-0.05, 0) is 33.6 Å². The van der Waals surface area contributed by atoms with Crippen LogP contribution in [0.4, 0.5) is 0 Å². The van der Waals surface area contributed by atoms with Crippen molar-refractivity contribution in [2.75, 3.05) is 0 Å². The molecule has 96 valence electrons. The van der Waals surface area contributed by atoms with Crippen LogP contribution in [-0.4, -0.2) is 45.2 Å². The van der Waals surface area contributed by atoms with E-state index in [1.165, 1.54) is 12.8 Å².